The second kappa shape index (κ2) is 6.02. The predicted molar refractivity (Wildman–Crippen MR) is 83.7 cm³/mol. The Kier molecular flexibility index (Phi) is 4.13. The van der Waals surface area contributed by atoms with Crippen molar-refractivity contribution in [2.45, 2.75) is 45.7 Å². The lowest BCUT2D eigenvalue weighted by atomic mass is 10.1. The van der Waals surface area contributed by atoms with E-state index in [1.165, 1.54) is 23.4 Å². The van der Waals surface area contributed by atoms with Gasteiger partial charge in [-0.3, -0.25) is 4.98 Å². The van der Waals surface area contributed by atoms with Crippen molar-refractivity contribution in [2.24, 2.45) is 5.92 Å². The maximum Gasteiger partial charge on any atom is 0.142 e. The summed E-state index contributed by atoms with van der Waals surface area (Å²) in [7, 11) is 0. The van der Waals surface area contributed by atoms with Gasteiger partial charge in [0.2, 0.25) is 0 Å². The van der Waals surface area contributed by atoms with Crippen molar-refractivity contribution >= 4 is 11.3 Å². The molecule has 2 aromatic heterocycles. The zero-order chi connectivity index (χ0) is 13.9. The zero-order valence-corrected chi connectivity index (χ0v) is 12.9. The van der Waals surface area contributed by atoms with Gasteiger partial charge in [-0.2, -0.15) is 0 Å². The van der Waals surface area contributed by atoms with Gasteiger partial charge in [0.05, 0.1) is 11.4 Å². The van der Waals surface area contributed by atoms with Gasteiger partial charge in [0, 0.05) is 23.7 Å². The fourth-order valence-electron chi connectivity index (χ4n) is 2.19. The summed E-state index contributed by atoms with van der Waals surface area (Å²) in [6.45, 7) is 5.45. The molecule has 0 saturated heterocycles. The third-order valence-electron chi connectivity index (χ3n) is 3.39. The molecule has 2 heterocycles. The minimum Gasteiger partial charge on any atom is -0.309 e. The molecule has 3 nitrogen and oxygen atoms in total. The lowest BCUT2D eigenvalue weighted by Gasteiger charge is -2.05. The van der Waals surface area contributed by atoms with Crippen LogP contribution in [-0.4, -0.2) is 16.0 Å². The van der Waals surface area contributed by atoms with Crippen LogP contribution in [0.5, 0.6) is 0 Å². The van der Waals surface area contributed by atoms with Crippen LogP contribution in [0.15, 0.2) is 24.4 Å². The van der Waals surface area contributed by atoms with Crippen LogP contribution in [0.2, 0.25) is 0 Å². The summed E-state index contributed by atoms with van der Waals surface area (Å²) in [6, 6.07) is 6.74. The maximum atomic E-state index is 4.83. The first kappa shape index (κ1) is 13.7. The van der Waals surface area contributed by atoms with Crippen molar-refractivity contribution < 1.29 is 0 Å². The fourth-order valence-corrected chi connectivity index (χ4v) is 3.21. The molecule has 0 unspecified atom stereocenters. The van der Waals surface area contributed by atoms with Crippen LogP contribution in [0, 0.1) is 5.92 Å². The number of nitrogens with zero attached hydrogens (tertiary/aromatic N) is 2. The Morgan fingerprint density at radius 3 is 2.85 bits per heavy atom. The molecule has 1 fully saturated rings. The third-order valence-corrected chi connectivity index (χ3v) is 4.51. The topological polar surface area (TPSA) is 37.8 Å². The highest BCUT2D eigenvalue weighted by Crippen LogP contribution is 2.29. The Bertz CT molecular complexity index is 558. The van der Waals surface area contributed by atoms with Crippen molar-refractivity contribution in [3.63, 3.8) is 0 Å². The van der Waals surface area contributed by atoms with E-state index in [0.717, 1.165) is 29.7 Å². The summed E-state index contributed by atoms with van der Waals surface area (Å²) >= 11 is 1.79. The number of nitrogens with one attached hydrogen (secondary N) is 1. The smallest absolute Gasteiger partial charge is 0.142 e. The highest BCUT2D eigenvalue weighted by molar-refractivity contribution is 7.15. The number of thiazole rings is 1. The standard InChI is InChI=1S/C16H21N3S/c1-11(2)9-14-15(10-18-12-6-7-12)20-16(19-14)13-5-3-4-8-17-13/h3-5,8,11-12,18H,6-7,9-10H2,1-2H3. The number of aromatic nitrogens is 2. The summed E-state index contributed by atoms with van der Waals surface area (Å²) in [5.74, 6) is 0.633. The average Bonchev–Trinajstić information content (AvgIpc) is 3.19. The van der Waals surface area contributed by atoms with Gasteiger partial charge in [-0.15, -0.1) is 11.3 Å². The summed E-state index contributed by atoms with van der Waals surface area (Å²) in [5, 5.41) is 4.65. The Morgan fingerprint density at radius 1 is 1.35 bits per heavy atom. The molecular weight excluding hydrogens is 266 g/mol. The molecule has 106 valence electrons. The molecule has 0 aliphatic heterocycles. The second-order valence-corrected chi connectivity index (χ2v) is 6.94. The molecule has 2 aromatic rings. The van der Waals surface area contributed by atoms with E-state index in [4.69, 9.17) is 4.98 Å². The summed E-state index contributed by atoms with van der Waals surface area (Å²) in [5.41, 5.74) is 2.24. The number of hydrogen-bond acceptors (Lipinski definition) is 4. The van der Waals surface area contributed by atoms with Crippen LogP contribution in [0.25, 0.3) is 10.7 Å². The van der Waals surface area contributed by atoms with Crippen LogP contribution in [0.3, 0.4) is 0 Å². The molecule has 0 radical (unpaired) electrons. The quantitative estimate of drug-likeness (QED) is 0.881. The largest absolute Gasteiger partial charge is 0.309 e. The minimum atomic E-state index is 0.633. The van der Waals surface area contributed by atoms with Gasteiger partial charge in [-0.1, -0.05) is 19.9 Å². The van der Waals surface area contributed by atoms with Crippen molar-refractivity contribution in [1.82, 2.24) is 15.3 Å². The first-order valence-corrected chi connectivity index (χ1v) is 8.17. The molecule has 20 heavy (non-hydrogen) atoms. The maximum absolute atomic E-state index is 4.83. The molecule has 0 aromatic carbocycles. The summed E-state index contributed by atoms with van der Waals surface area (Å²) < 4.78 is 0. The second-order valence-electron chi connectivity index (χ2n) is 5.86. The van der Waals surface area contributed by atoms with Gasteiger partial charge in [0.25, 0.3) is 0 Å². The molecule has 1 aliphatic rings. The van der Waals surface area contributed by atoms with E-state index in [0.29, 0.717) is 5.92 Å². The summed E-state index contributed by atoms with van der Waals surface area (Å²) in [6.07, 6.45) is 5.53. The molecule has 1 N–H and O–H groups in total. The predicted octanol–water partition coefficient (Wildman–Crippen LogP) is 3.66. The molecule has 0 bridgehead atoms. The molecule has 1 aliphatic carbocycles. The van der Waals surface area contributed by atoms with Crippen LogP contribution >= 0.6 is 11.3 Å². The molecule has 3 rings (SSSR count). The first-order chi connectivity index (χ1) is 9.72. The molecule has 0 atom stereocenters. The van der Waals surface area contributed by atoms with E-state index < -0.39 is 0 Å². The molecule has 0 amide bonds. The van der Waals surface area contributed by atoms with Crippen LogP contribution in [-0.2, 0) is 13.0 Å². The van der Waals surface area contributed by atoms with Crippen molar-refractivity contribution in [2.75, 3.05) is 0 Å². The van der Waals surface area contributed by atoms with Crippen molar-refractivity contribution in [3.8, 4) is 10.7 Å². The molecule has 0 spiro atoms. The number of rotatable bonds is 6. The van der Waals surface area contributed by atoms with Gasteiger partial charge >= 0.3 is 0 Å². The molecule has 4 heteroatoms. The Morgan fingerprint density at radius 2 is 2.20 bits per heavy atom. The van der Waals surface area contributed by atoms with Gasteiger partial charge in [-0.05, 0) is 37.3 Å². The Balaban J connectivity index is 1.83. The SMILES string of the molecule is CC(C)Cc1nc(-c2ccccn2)sc1CNC1CC1. The van der Waals surface area contributed by atoms with Gasteiger partial charge in [0.1, 0.15) is 5.01 Å². The van der Waals surface area contributed by atoms with E-state index in [9.17, 15) is 0 Å². The van der Waals surface area contributed by atoms with E-state index in [2.05, 4.69) is 24.1 Å². The third kappa shape index (κ3) is 3.44. The zero-order valence-electron chi connectivity index (χ0n) is 12.1. The monoisotopic (exact) mass is 287 g/mol. The van der Waals surface area contributed by atoms with E-state index in [1.807, 2.05) is 24.4 Å². The van der Waals surface area contributed by atoms with Crippen LogP contribution < -0.4 is 5.32 Å². The highest BCUT2D eigenvalue weighted by atomic mass is 32.1. The van der Waals surface area contributed by atoms with Crippen molar-refractivity contribution in [1.29, 1.82) is 0 Å². The number of hydrogen-bond donors (Lipinski definition) is 1. The Hall–Kier alpha value is -1.26. The van der Waals surface area contributed by atoms with Crippen LogP contribution in [0.4, 0.5) is 0 Å². The molecule has 1 saturated carbocycles. The highest BCUT2D eigenvalue weighted by Gasteiger charge is 2.22. The Labute approximate surface area is 124 Å². The molecular formula is C16H21N3S. The average molecular weight is 287 g/mol. The van der Waals surface area contributed by atoms with E-state index >= 15 is 0 Å². The van der Waals surface area contributed by atoms with Crippen LogP contribution in [0.1, 0.15) is 37.3 Å². The van der Waals surface area contributed by atoms with E-state index in [1.54, 1.807) is 11.3 Å². The lowest BCUT2D eigenvalue weighted by Crippen LogP contribution is -2.15. The lowest BCUT2D eigenvalue weighted by molar-refractivity contribution is 0.624. The number of pyridine rings is 1. The van der Waals surface area contributed by atoms with E-state index in [-0.39, 0.29) is 0 Å². The van der Waals surface area contributed by atoms with Gasteiger partial charge < -0.3 is 5.32 Å². The fraction of sp³-hybridized carbons (Fsp3) is 0.500. The van der Waals surface area contributed by atoms with Gasteiger partial charge in [0.15, 0.2) is 0 Å². The first-order valence-electron chi connectivity index (χ1n) is 7.35. The minimum absolute atomic E-state index is 0.633. The normalized spacial score (nSPS) is 14.9. The summed E-state index contributed by atoms with van der Waals surface area (Å²) in [4.78, 5) is 10.6. The van der Waals surface area contributed by atoms with Crippen molar-refractivity contribution in [3.05, 3.63) is 35.0 Å². The van der Waals surface area contributed by atoms with Gasteiger partial charge in [-0.25, -0.2) is 4.98 Å².